The Morgan fingerprint density at radius 1 is 1.26 bits per heavy atom. The van der Waals surface area contributed by atoms with Gasteiger partial charge in [0.15, 0.2) is 0 Å². The summed E-state index contributed by atoms with van der Waals surface area (Å²) >= 11 is 0. The number of nitrogens with one attached hydrogen (secondary N) is 1. The first kappa shape index (κ1) is 14.5. The maximum atomic E-state index is 9.89. The molecular formula is C16H25NO2. The molecule has 2 N–H and O–H groups in total. The quantitative estimate of drug-likeness (QED) is 0.794. The minimum absolute atomic E-state index is 0.0531. The van der Waals surface area contributed by atoms with Gasteiger partial charge in [0.05, 0.1) is 24.9 Å². The molecule has 1 atom stereocenters. The summed E-state index contributed by atoms with van der Waals surface area (Å²) in [5.74, 6) is 0. The summed E-state index contributed by atoms with van der Waals surface area (Å²) in [5.41, 5.74) is 0.621. The highest BCUT2D eigenvalue weighted by Gasteiger charge is 2.32. The molecule has 0 heterocycles. The van der Waals surface area contributed by atoms with E-state index < -0.39 is 5.54 Å². The van der Waals surface area contributed by atoms with Gasteiger partial charge in [-0.3, -0.25) is 0 Å². The Bertz CT molecular complexity index is 362. The van der Waals surface area contributed by atoms with Gasteiger partial charge < -0.3 is 15.2 Å². The van der Waals surface area contributed by atoms with Gasteiger partial charge in [-0.15, -0.1) is 0 Å². The lowest BCUT2D eigenvalue weighted by Crippen LogP contribution is -2.50. The highest BCUT2D eigenvalue weighted by molar-refractivity contribution is 5.25. The molecule has 106 valence electrons. The van der Waals surface area contributed by atoms with Crippen molar-refractivity contribution in [2.45, 2.75) is 44.2 Å². The smallest absolute Gasteiger partial charge is 0.0906 e. The number of hydrogen-bond donors (Lipinski definition) is 2. The van der Waals surface area contributed by atoms with Crippen LogP contribution in [0, 0.1) is 0 Å². The van der Waals surface area contributed by atoms with Crippen molar-refractivity contribution in [3.63, 3.8) is 0 Å². The van der Waals surface area contributed by atoms with Crippen LogP contribution in [0.1, 0.15) is 38.2 Å². The monoisotopic (exact) mass is 263 g/mol. The van der Waals surface area contributed by atoms with Crippen molar-refractivity contribution in [3.8, 4) is 0 Å². The third kappa shape index (κ3) is 3.56. The minimum Gasteiger partial charge on any atom is -0.394 e. The molecule has 0 spiro atoms. The summed E-state index contributed by atoms with van der Waals surface area (Å²) in [5, 5.41) is 13.3. The predicted molar refractivity (Wildman–Crippen MR) is 77.1 cm³/mol. The van der Waals surface area contributed by atoms with E-state index in [9.17, 15) is 5.11 Å². The van der Waals surface area contributed by atoms with E-state index in [0.29, 0.717) is 12.7 Å². The maximum Gasteiger partial charge on any atom is 0.0906 e. The molecule has 2 rings (SSSR count). The third-order valence-electron chi connectivity index (χ3n) is 3.98. The van der Waals surface area contributed by atoms with Gasteiger partial charge in [0.2, 0.25) is 0 Å². The first-order valence-electron chi connectivity index (χ1n) is 7.34. The van der Waals surface area contributed by atoms with Crippen LogP contribution < -0.4 is 5.32 Å². The number of hydrogen-bond acceptors (Lipinski definition) is 3. The average molecular weight is 263 g/mol. The SMILES string of the molecule is CCNC(CO)(COC1CCCC1)c1ccccc1. The van der Waals surface area contributed by atoms with E-state index >= 15 is 0 Å². The van der Waals surface area contributed by atoms with Crippen LogP contribution in [0.2, 0.25) is 0 Å². The summed E-state index contributed by atoms with van der Waals surface area (Å²) in [7, 11) is 0. The van der Waals surface area contributed by atoms with Crippen molar-refractivity contribution < 1.29 is 9.84 Å². The first-order chi connectivity index (χ1) is 9.30. The largest absolute Gasteiger partial charge is 0.394 e. The summed E-state index contributed by atoms with van der Waals surface area (Å²) in [6.07, 6.45) is 5.21. The molecule has 1 aliphatic rings. The molecule has 0 aliphatic heterocycles. The second-order valence-corrected chi connectivity index (χ2v) is 5.35. The van der Waals surface area contributed by atoms with Crippen LogP contribution in [0.3, 0.4) is 0 Å². The third-order valence-corrected chi connectivity index (χ3v) is 3.98. The lowest BCUT2D eigenvalue weighted by Gasteiger charge is -2.34. The fraction of sp³-hybridized carbons (Fsp3) is 0.625. The van der Waals surface area contributed by atoms with Gasteiger partial charge in [-0.05, 0) is 24.9 Å². The van der Waals surface area contributed by atoms with Crippen molar-refractivity contribution in [2.24, 2.45) is 0 Å². The Hall–Kier alpha value is -0.900. The van der Waals surface area contributed by atoms with Gasteiger partial charge in [-0.2, -0.15) is 0 Å². The van der Waals surface area contributed by atoms with Crippen LogP contribution in [-0.4, -0.2) is 31.0 Å². The lowest BCUT2D eigenvalue weighted by molar-refractivity contribution is -0.00830. The van der Waals surface area contributed by atoms with Crippen molar-refractivity contribution in [1.29, 1.82) is 0 Å². The second kappa shape index (κ2) is 7.04. The summed E-state index contributed by atoms with van der Waals surface area (Å²) in [6, 6.07) is 10.1. The number of benzene rings is 1. The fourth-order valence-corrected chi connectivity index (χ4v) is 2.84. The molecule has 1 aromatic carbocycles. The molecule has 1 aliphatic carbocycles. The number of aliphatic hydroxyl groups excluding tert-OH is 1. The van der Waals surface area contributed by atoms with Gasteiger partial charge in [-0.25, -0.2) is 0 Å². The van der Waals surface area contributed by atoms with Gasteiger partial charge >= 0.3 is 0 Å². The van der Waals surface area contributed by atoms with Crippen molar-refractivity contribution in [3.05, 3.63) is 35.9 Å². The Morgan fingerprint density at radius 2 is 1.95 bits per heavy atom. The highest BCUT2D eigenvalue weighted by Crippen LogP contribution is 2.26. The molecule has 0 bridgehead atoms. The summed E-state index contributed by atoms with van der Waals surface area (Å²) in [4.78, 5) is 0. The van der Waals surface area contributed by atoms with Crippen LogP contribution in [0.5, 0.6) is 0 Å². The number of aliphatic hydroxyl groups is 1. The van der Waals surface area contributed by atoms with E-state index in [1.807, 2.05) is 18.2 Å². The molecule has 0 radical (unpaired) electrons. The molecule has 1 aromatic rings. The zero-order valence-electron chi connectivity index (χ0n) is 11.8. The average Bonchev–Trinajstić information content (AvgIpc) is 2.98. The zero-order valence-corrected chi connectivity index (χ0v) is 11.8. The number of rotatable bonds is 7. The zero-order chi connectivity index (χ0) is 13.6. The van der Waals surface area contributed by atoms with Crippen LogP contribution in [0.4, 0.5) is 0 Å². The predicted octanol–water partition coefficient (Wildman–Crippen LogP) is 2.44. The lowest BCUT2D eigenvalue weighted by atomic mass is 9.91. The molecule has 1 saturated carbocycles. The van der Waals surface area contributed by atoms with Crippen LogP contribution in [-0.2, 0) is 10.3 Å². The van der Waals surface area contributed by atoms with Crippen LogP contribution >= 0.6 is 0 Å². The molecule has 19 heavy (non-hydrogen) atoms. The molecule has 0 saturated heterocycles. The van der Waals surface area contributed by atoms with E-state index in [1.54, 1.807) is 0 Å². The van der Waals surface area contributed by atoms with Crippen molar-refractivity contribution >= 4 is 0 Å². The topological polar surface area (TPSA) is 41.5 Å². The molecule has 0 aromatic heterocycles. The number of likely N-dealkylation sites (N-methyl/N-ethyl adjacent to an activating group) is 1. The van der Waals surface area contributed by atoms with E-state index in [4.69, 9.17) is 4.74 Å². The minimum atomic E-state index is -0.474. The normalized spacial score (nSPS) is 19.5. The Labute approximate surface area is 116 Å². The molecule has 3 nitrogen and oxygen atoms in total. The molecule has 0 amide bonds. The molecule has 1 fully saturated rings. The van der Waals surface area contributed by atoms with Crippen molar-refractivity contribution in [2.75, 3.05) is 19.8 Å². The van der Waals surface area contributed by atoms with E-state index in [1.165, 1.54) is 12.8 Å². The Kier molecular flexibility index (Phi) is 5.37. The maximum absolute atomic E-state index is 9.89. The highest BCUT2D eigenvalue weighted by atomic mass is 16.5. The van der Waals surface area contributed by atoms with E-state index in [0.717, 1.165) is 24.9 Å². The van der Waals surface area contributed by atoms with Crippen molar-refractivity contribution in [1.82, 2.24) is 5.32 Å². The van der Waals surface area contributed by atoms with Crippen LogP contribution in [0.15, 0.2) is 30.3 Å². The van der Waals surface area contributed by atoms with Gasteiger partial charge in [0.1, 0.15) is 0 Å². The molecule has 1 unspecified atom stereocenters. The van der Waals surface area contributed by atoms with Gasteiger partial charge in [-0.1, -0.05) is 50.1 Å². The van der Waals surface area contributed by atoms with Gasteiger partial charge in [0.25, 0.3) is 0 Å². The fourth-order valence-electron chi connectivity index (χ4n) is 2.84. The standard InChI is InChI=1S/C16H25NO2/c1-2-17-16(12-18,14-8-4-3-5-9-14)13-19-15-10-6-7-11-15/h3-5,8-9,15,17-18H,2,6-7,10-13H2,1H3. The van der Waals surface area contributed by atoms with Crippen LogP contribution in [0.25, 0.3) is 0 Å². The summed E-state index contributed by atoms with van der Waals surface area (Å²) < 4.78 is 6.04. The van der Waals surface area contributed by atoms with Gasteiger partial charge in [0, 0.05) is 0 Å². The molecular weight excluding hydrogens is 238 g/mol. The van der Waals surface area contributed by atoms with E-state index in [2.05, 4.69) is 24.4 Å². The Balaban J connectivity index is 2.09. The first-order valence-corrected chi connectivity index (χ1v) is 7.34. The Morgan fingerprint density at radius 3 is 2.53 bits per heavy atom. The number of ether oxygens (including phenoxy) is 1. The molecule has 3 heteroatoms. The second-order valence-electron chi connectivity index (χ2n) is 5.35. The summed E-state index contributed by atoms with van der Waals surface area (Å²) in [6.45, 7) is 3.45. The van der Waals surface area contributed by atoms with E-state index in [-0.39, 0.29) is 6.61 Å².